The van der Waals surface area contributed by atoms with Crippen LogP contribution in [0.4, 0.5) is 0 Å². The van der Waals surface area contributed by atoms with Crippen molar-refractivity contribution in [3.05, 3.63) is 39.9 Å². The molecular weight excluding hydrogens is 310 g/mol. The third-order valence-corrected chi connectivity index (χ3v) is 4.62. The molecule has 2 saturated heterocycles. The molecular formula is C14H18ClN3O4. The highest BCUT2D eigenvalue weighted by atomic mass is 35.5. The normalized spacial score (nSPS) is 29.7. The maximum Gasteiger partial charge on any atom is 0.176 e. The van der Waals surface area contributed by atoms with Crippen LogP contribution in [0.5, 0.6) is 5.75 Å². The van der Waals surface area contributed by atoms with Gasteiger partial charge in [0, 0.05) is 6.61 Å². The SMILES string of the molecule is O=[N+]([O-])N1CC(Cl)(c2ccc(O)cc2)CN1C1CCCCO1. The number of hydrogen-bond donors (Lipinski definition) is 1. The molecule has 2 fully saturated rings. The van der Waals surface area contributed by atoms with E-state index in [4.69, 9.17) is 16.3 Å². The summed E-state index contributed by atoms with van der Waals surface area (Å²) in [6.45, 7) is 0.971. The Bertz CT molecular complexity index is 550. The van der Waals surface area contributed by atoms with Crippen LogP contribution < -0.4 is 0 Å². The van der Waals surface area contributed by atoms with Gasteiger partial charge in [-0.15, -0.1) is 16.6 Å². The van der Waals surface area contributed by atoms with Crippen molar-refractivity contribution in [2.24, 2.45) is 0 Å². The maximum absolute atomic E-state index is 11.4. The van der Waals surface area contributed by atoms with Crippen LogP contribution in [0.15, 0.2) is 24.3 Å². The van der Waals surface area contributed by atoms with Gasteiger partial charge in [-0.05, 0) is 42.1 Å². The van der Waals surface area contributed by atoms with Crippen LogP contribution in [0.25, 0.3) is 0 Å². The molecule has 22 heavy (non-hydrogen) atoms. The van der Waals surface area contributed by atoms with Crippen molar-refractivity contribution >= 4 is 11.6 Å². The van der Waals surface area contributed by atoms with E-state index >= 15 is 0 Å². The lowest BCUT2D eigenvalue weighted by Gasteiger charge is -2.32. The fraction of sp³-hybridized carbons (Fsp3) is 0.571. The lowest BCUT2D eigenvalue weighted by atomic mass is 9.99. The summed E-state index contributed by atoms with van der Waals surface area (Å²) < 4.78 is 5.67. The van der Waals surface area contributed by atoms with Crippen LogP contribution in [0.1, 0.15) is 24.8 Å². The Hall–Kier alpha value is -1.57. The third kappa shape index (κ3) is 2.84. The number of nitrogens with zero attached hydrogens (tertiary/aromatic N) is 3. The van der Waals surface area contributed by atoms with Gasteiger partial charge in [0.15, 0.2) is 5.03 Å². The molecule has 8 heteroatoms. The Morgan fingerprint density at radius 2 is 2.05 bits per heavy atom. The Morgan fingerprint density at radius 1 is 1.32 bits per heavy atom. The average Bonchev–Trinajstić information content (AvgIpc) is 2.88. The number of nitro groups is 1. The standard InChI is InChI=1S/C14H18ClN3O4/c15-14(11-4-6-12(19)7-5-11)9-16(17(10-14)18(20)21)13-3-1-2-8-22-13/h4-7,13,19H,1-3,8-10H2. The molecule has 2 unspecified atom stereocenters. The van der Waals surface area contributed by atoms with E-state index in [9.17, 15) is 15.2 Å². The van der Waals surface area contributed by atoms with Crippen LogP contribution in [0.3, 0.4) is 0 Å². The molecule has 7 nitrogen and oxygen atoms in total. The molecule has 0 saturated carbocycles. The van der Waals surface area contributed by atoms with Gasteiger partial charge in [-0.2, -0.15) is 0 Å². The number of phenolic OH excluding ortho intramolecular Hbond substituents is 1. The highest BCUT2D eigenvalue weighted by Crippen LogP contribution is 2.39. The van der Waals surface area contributed by atoms with Gasteiger partial charge in [-0.3, -0.25) is 0 Å². The Morgan fingerprint density at radius 3 is 2.64 bits per heavy atom. The van der Waals surface area contributed by atoms with E-state index in [0.29, 0.717) is 13.2 Å². The summed E-state index contributed by atoms with van der Waals surface area (Å²) in [4.78, 5) is 10.5. The summed E-state index contributed by atoms with van der Waals surface area (Å²) in [7, 11) is 0. The van der Waals surface area contributed by atoms with Crippen molar-refractivity contribution in [2.75, 3.05) is 19.7 Å². The molecule has 1 N–H and O–H groups in total. The molecule has 3 rings (SSSR count). The fourth-order valence-corrected chi connectivity index (χ4v) is 3.36. The molecule has 0 spiro atoms. The van der Waals surface area contributed by atoms with Crippen molar-refractivity contribution < 1.29 is 14.9 Å². The molecule has 2 aliphatic rings. The molecule has 2 heterocycles. The number of ether oxygens (including phenoxy) is 1. The third-order valence-electron chi connectivity index (χ3n) is 4.16. The Kier molecular flexibility index (Phi) is 4.12. The van der Waals surface area contributed by atoms with E-state index in [1.165, 1.54) is 12.1 Å². The van der Waals surface area contributed by atoms with Gasteiger partial charge in [0.1, 0.15) is 23.4 Å². The minimum Gasteiger partial charge on any atom is -0.508 e. The molecule has 2 atom stereocenters. The van der Waals surface area contributed by atoms with Crippen LogP contribution in [-0.4, -0.2) is 46.2 Å². The number of hydrazine groups is 2. The molecule has 1 aromatic carbocycles. The largest absolute Gasteiger partial charge is 0.508 e. The van der Waals surface area contributed by atoms with Gasteiger partial charge >= 0.3 is 0 Å². The van der Waals surface area contributed by atoms with Gasteiger partial charge in [0.25, 0.3) is 0 Å². The van der Waals surface area contributed by atoms with Crippen LogP contribution in [-0.2, 0) is 9.61 Å². The summed E-state index contributed by atoms with van der Waals surface area (Å²) in [5, 5.41) is 23.0. The zero-order valence-corrected chi connectivity index (χ0v) is 12.8. The van der Waals surface area contributed by atoms with Crippen molar-refractivity contribution in [1.29, 1.82) is 0 Å². The summed E-state index contributed by atoms with van der Waals surface area (Å²) in [6.07, 6.45) is 2.41. The van der Waals surface area contributed by atoms with Gasteiger partial charge in [-0.25, -0.2) is 10.1 Å². The zero-order chi connectivity index (χ0) is 15.7. The first kappa shape index (κ1) is 15.3. The minimum absolute atomic E-state index is 0.0617. The highest BCUT2D eigenvalue weighted by molar-refractivity contribution is 6.24. The lowest BCUT2D eigenvalue weighted by Crippen LogP contribution is -2.49. The molecule has 0 bridgehead atoms. The molecule has 0 radical (unpaired) electrons. The van der Waals surface area contributed by atoms with Crippen molar-refractivity contribution in [3.63, 3.8) is 0 Å². The topological polar surface area (TPSA) is 79.1 Å². The number of rotatable bonds is 3. The molecule has 0 amide bonds. The van der Waals surface area contributed by atoms with E-state index < -0.39 is 9.91 Å². The first-order valence-corrected chi connectivity index (χ1v) is 7.66. The average molecular weight is 328 g/mol. The van der Waals surface area contributed by atoms with E-state index in [1.54, 1.807) is 17.1 Å². The van der Waals surface area contributed by atoms with E-state index in [0.717, 1.165) is 29.9 Å². The monoisotopic (exact) mass is 327 g/mol. The summed E-state index contributed by atoms with van der Waals surface area (Å²) in [6, 6.07) is 6.48. The second kappa shape index (κ2) is 5.91. The predicted molar refractivity (Wildman–Crippen MR) is 79.6 cm³/mol. The smallest absolute Gasteiger partial charge is 0.176 e. The van der Waals surface area contributed by atoms with E-state index in [-0.39, 0.29) is 18.5 Å². The van der Waals surface area contributed by atoms with Crippen LogP contribution >= 0.6 is 11.6 Å². The number of aromatic hydroxyl groups is 1. The number of hydrogen-bond acceptors (Lipinski definition) is 5. The molecule has 0 aromatic heterocycles. The van der Waals surface area contributed by atoms with Crippen LogP contribution in [0.2, 0.25) is 0 Å². The maximum atomic E-state index is 11.4. The van der Waals surface area contributed by atoms with Gasteiger partial charge < -0.3 is 9.84 Å². The zero-order valence-electron chi connectivity index (χ0n) is 12.0. The minimum atomic E-state index is -0.901. The van der Waals surface area contributed by atoms with E-state index in [2.05, 4.69) is 0 Å². The number of halogens is 1. The highest BCUT2D eigenvalue weighted by Gasteiger charge is 2.51. The second-order valence-electron chi connectivity index (χ2n) is 5.70. The molecule has 1 aromatic rings. The Balaban J connectivity index is 1.85. The van der Waals surface area contributed by atoms with Gasteiger partial charge in [0.2, 0.25) is 0 Å². The van der Waals surface area contributed by atoms with Crippen LogP contribution in [0, 0.1) is 10.1 Å². The van der Waals surface area contributed by atoms with Crippen molar-refractivity contribution in [2.45, 2.75) is 30.4 Å². The summed E-state index contributed by atoms with van der Waals surface area (Å²) >= 11 is 6.68. The lowest BCUT2D eigenvalue weighted by molar-refractivity contribution is -0.698. The Labute approximate surface area is 133 Å². The number of phenols is 1. The quantitative estimate of drug-likeness (QED) is 0.520. The predicted octanol–water partition coefficient (Wildman–Crippen LogP) is 2.08. The summed E-state index contributed by atoms with van der Waals surface area (Å²) in [5.74, 6) is 0.139. The van der Waals surface area contributed by atoms with Gasteiger partial charge in [-0.1, -0.05) is 12.1 Å². The number of benzene rings is 1. The summed E-state index contributed by atoms with van der Waals surface area (Å²) in [5.41, 5.74) is 0.747. The molecule has 2 aliphatic heterocycles. The fourth-order valence-electron chi connectivity index (χ4n) is 3.01. The van der Waals surface area contributed by atoms with Gasteiger partial charge in [0.05, 0.1) is 6.54 Å². The molecule has 0 aliphatic carbocycles. The first-order chi connectivity index (χ1) is 10.5. The first-order valence-electron chi connectivity index (χ1n) is 7.28. The van der Waals surface area contributed by atoms with Crippen molar-refractivity contribution in [3.8, 4) is 5.75 Å². The molecule has 120 valence electrons. The number of alkyl halides is 1. The van der Waals surface area contributed by atoms with E-state index in [1.807, 2.05) is 0 Å². The van der Waals surface area contributed by atoms with Crippen molar-refractivity contribution in [1.82, 2.24) is 10.1 Å². The second-order valence-corrected chi connectivity index (χ2v) is 6.42.